The fraction of sp³-hybridized carbons (Fsp3) is 0.526. The Bertz CT molecular complexity index is 2960. The van der Waals surface area contributed by atoms with E-state index in [1.165, 1.54) is 11.9 Å². The average molecular weight is 1100 g/mol. The van der Waals surface area contributed by atoms with Crippen LogP contribution in [0.1, 0.15) is 92.4 Å². The second-order valence-corrected chi connectivity index (χ2v) is 23.2. The summed E-state index contributed by atoms with van der Waals surface area (Å²) < 4.78 is 66.0. The van der Waals surface area contributed by atoms with E-state index in [2.05, 4.69) is 27.9 Å². The summed E-state index contributed by atoms with van der Waals surface area (Å²) in [5, 5.41) is 1.43. The van der Waals surface area contributed by atoms with E-state index in [1.807, 2.05) is 58.9 Å². The third kappa shape index (κ3) is 12.6. The van der Waals surface area contributed by atoms with E-state index in [1.54, 1.807) is 23.6 Å². The first-order chi connectivity index (χ1) is 36.6. The quantitative estimate of drug-likeness (QED) is 0.109. The molecule has 5 aromatic rings. The number of carbonyl (C=O) groups excluding carboxylic acids is 1. The fourth-order valence-corrected chi connectivity index (χ4v) is 12.1. The number of hydrogen-bond acceptors (Lipinski definition) is 16. The Hall–Kier alpha value is -4.98. The topological polar surface area (TPSA) is 149 Å². The molecule has 4 atom stereocenters. The van der Waals surface area contributed by atoms with Crippen molar-refractivity contribution in [1.29, 1.82) is 0 Å². The van der Waals surface area contributed by atoms with Gasteiger partial charge in [0.05, 0.1) is 54.2 Å². The Balaban J connectivity index is 1.000. The normalized spacial score (nSPS) is 22.8. The lowest BCUT2D eigenvalue weighted by molar-refractivity contribution is -0.163. The highest BCUT2D eigenvalue weighted by Gasteiger charge is 2.36. The predicted molar refractivity (Wildman–Crippen MR) is 292 cm³/mol. The average Bonchev–Trinajstić information content (AvgIpc) is 4.08. The van der Waals surface area contributed by atoms with E-state index in [0.717, 1.165) is 78.1 Å². The molecule has 2 aromatic carbocycles. The zero-order valence-corrected chi connectivity index (χ0v) is 46.5. The van der Waals surface area contributed by atoms with Crippen molar-refractivity contribution in [3.05, 3.63) is 92.1 Å². The van der Waals surface area contributed by atoms with Gasteiger partial charge < -0.3 is 42.8 Å². The highest BCUT2D eigenvalue weighted by atomic mass is 35.5. The van der Waals surface area contributed by atoms with Gasteiger partial charge in [-0.05, 0) is 126 Å². The van der Waals surface area contributed by atoms with E-state index in [-0.39, 0.29) is 57.7 Å². The lowest BCUT2D eigenvalue weighted by Gasteiger charge is -2.35. The molecule has 2 fully saturated rings. The molecule has 3 aromatic heterocycles. The van der Waals surface area contributed by atoms with Crippen LogP contribution >= 0.6 is 34.5 Å². The summed E-state index contributed by atoms with van der Waals surface area (Å²) in [6.07, 6.45) is 9.15. The van der Waals surface area contributed by atoms with Crippen molar-refractivity contribution in [3.8, 4) is 34.3 Å². The second-order valence-electron chi connectivity index (χ2n) is 21.5. The molecule has 0 amide bonds. The molecule has 4 bridgehead atoms. The van der Waals surface area contributed by atoms with Gasteiger partial charge in [-0.25, -0.2) is 29.1 Å². The highest BCUT2D eigenvalue weighted by Crippen LogP contribution is 2.53. The van der Waals surface area contributed by atoms with Crippen molar-refractivity contribution in [3.63, 3.8) is 0 Å². The summed E-state index contributed by atoms with van der Waals surface area (Å²) in [5.41, 5.74) is 4.13. The lowest BCUT2D eigenvalue weighted by atomic mass is 9.87. The molecule has 15 nitrogen and oxygen atoms in total. The molecule has 4 aliphatic heterocycles. The number of thiophene rings is 1. The number of esters is 1. The van der Waals surface area contributed by atoms with Crippen LogP contribution in [0.25, 0.3) is 32.5 Å². The highest BCUT2D eigenvalue weighted by molar-refractivity contribution is 7.20. The molecule has 0 N–H and O–H groups in total. The number of allylic oxidation sites excluding steroid dienone is 4. The van der Waals surface area contributed by atoms with E-state index >= 15 is 4.39 Å². The minimum Gasteiger partial charge on any atom is -0.490 e. The fourth-order valence-electron chi connectivity index (χ4n) is 10.4. The molecule has 2 aliphatic carbocycles. The van der Waals surface area contributed by atoms with Gasteiger partial charge in [0.15, 0.2) is 11.6 Å². The molecule has 7 heterocycles. The van der Waals surface area contributed by atoms with Gasteiger partial charge >= 0.3 is 5.97 Å². The number of nitrogens with zero attached hydrogens (tertiary/aromatic N) is 6. The standard InChI is InChI=1S/C57H67Cl2FN6O9S/c1-34-45-35(2)49(59)50(48(34)58)73-41(27-66-21-19-65(6)20-22-66)31-71-40-11-12-43(72-28-39-15-18-61-52(64-39)37-13-16-57(60,17-14-37)32-69-30-42-29-68-23-24-70-42)38(25-40)26-44(55(67)75-56(3,4)5)74-53-47-46(45)51(36-9-7-8-10-36)76-54(47)63-33-62-53/h9,11-13,15,18,25,33,41-42,44H,7-8,10,14,16-17,19-24,26-32H2,1-6H3/t41-,42-,44-,57+/m1/s1. The molecule has 406 valence electrons. The van der Waals surface area contributed by atoms with Crippen molar-refractivity contribution in [2.24, 2.45) is 0 Å². The molecule has 2 saturated heterocycles. The number of alkyl halides is 1. The summed E-state index contributed by atoms with van der Waals surface area (Å²) in [6.45, 7) is 15.5. The van der Waals surface area contributed by atoms with E-state index in [0.29, 0.717) is 87.4 Å². The predicted octanol–water partition coefficient (Wildman–Crippen LogP) is 10.6. The van der Waals surface area contributed by atoms with Gasteiger partial charge in [-0.2, -0.15) is 0 Å². The van der Waals surface area contributed by atoms with Crippen LogP contribution in [0.3, 0.4) is 0 Å². The van der Waals surface area contributed by atoms with Crippen LogP contribution in [-0.4, -0.2) is 145 Å². The van der Waals surface area contributed by atoms with Gasteiger partial charge in [0.2, 0.25) is 12.0 Å². The van der Waals surface area contributed by atoms with Crippen LogP contribution in [0, 0.1) is 13.8 Å². The van der Waals surface area contributed by atoms with E-state index in [9.17, 15) is 4.79 Å². The summed E-state index contributed by atoms with van der Waals surface area (Å²) >= 11 is 16.4. The van der Waals surface area contributed by atoms with Gasteiger partial charge in [-0.3, -0.25) is 4.90 Å². The Morgan fingerprint density at radius 3 is 2.49 bits per heavy atom. The number of likely N-dealkylation sites (N-methyl/N-ethyl adjacent to an activating group) is 1. The van der Waals surface area contributed by atoms with Crippen molar-refractivity contribution < 1.29 is 47.1 Å². The van der Waals surface area contributed by atoms with Gasteiger partial charge in [-0.15, -0.1) is 11.3 Å². The number of aromatic nitrogens is 4. The number of piperazine rings is 1. The SMILES string of the molecule is Cc1c(Cl)c2c(Cl)c(C)c1-c1c(C3=CCCC3)sc3ncnc(c13)O[C@@H](C(=O)OC(C)(C)C)Cc1cc(ccc1OCc1ccnc(C3=CC[C@@](F)(COC[C@H]4COCCO4)CC3)n1)OC[C@@H](CN1CCN(C)CC1)O2. The smallest absolute Gasteiger partial charge is 0.348 e. The van der Waals surface area contributed by atoms with E-state index in [4.69, 9.17) is 76.0 Å². The Labute approximate surface area is 458 Å². The number of ether oxygens (including phenoxy) is 8. The monoisotopic (exact) mass is 1100 g/mol. The number of hydrogen-bond donors (Lipinski definition) is 0. The molecule has 0 saturated carbocycles. The van der Waals surface area contributed by atoms with Gasteiger partial charge in [-0.1, -0.05) is 35.4 Å². The minimum absolute atomic E-state index is 0.00766. The maximum Gasteiger partial charge on any atom is 0.348 e. The number of rotatable bonds is 12. The number of benzene rings is 2. The van der Waals surface area contributed by atoms with Crippen LogP contribution in [0.2, 0.25) is 10.0 Å². The van der Waals surface area contributed by atoms with Gasteiger partial charge in [0.1, 0.15) is 59.3 Å². The molecule has 0 radical (unpaired) electrons. The zero-order valence-electron chi connectivity index (χ0n) is 44.2. The first kappa shape index (κ1) is 54.4. The molecular formula is C57H67Cl2FN6O9S. The molecular weight excluding hydrogens is 1030 g/mol. The van der Waals surface area contributed by atoms with Crippen molar-refractivity contribution in [1.82, 2.24) is 29.7 Å². The zero-order chi connectivity index (χ0) is 53.1. The maximum absolute atomic E-state index is 15.9. The number of carbonyl (C=O) groups is 1. The number of fused-ring (bicyclic) bond motifs is 7. The molecule has 0 unspecified atom stereocenters. The second kappa shape index (κ2) is 23.5. The molecule has 6 aliphatic rings. The Morgan fingerprint density at radius 1 is 0.947 bits per heavy atom. The summed E-state index contributed by atoms with van der Waals surface area (Å²) in [5.74, 6) is 1.51. The van der Waals surface area contributed by atoms with Crippen LogP contribution in [-0.2, 0) is 36.8 Å². The van der Waals surface area contributed by atoms with Crippen LogP contribution in [0.15, 0.2) is 48.9 Å². The third-order valence-electron chi connectivity index (χ3n) is 14.5. The first-order valence-corrected chi connectivity index (χ1v) is 27.9. The van der Waals surface area contributed by atoms with Crippen LogP contribution in [0.4, 0.5) is 4.39 Å². The maximum atomic E-state index is 15.9. The van der Waals surface area contributed by atoms with Crippen molar-refractivity contribution in [2.45, 2.75) is 116 Å². The Kier molecular flexibility index (Phi) is 16.8. The number of halogens is 3. The van der Waals surface area contributed by atoms with Crippen LogP contribution in [0.5, 0.6) is 23.1 Å². The summed E-state index contributed by atoms with van der Waals surface area (Å²) in [4.78, 5) is 40.0. The molecule has 0 spiro atoms. The largest absolute Gasteiger partial charge is 0.490 e. The van der Waals surface area contributed by atoms with Crippen molar-refractivity contribution >= 4 is 61.9 Å². The van der Waals surface area contributed by atoms with E-state index < -0.39 is 29.4 Å². The summed E-state index contributed by atoms with van der Waals surface area (Å²) in [6, 6.07) is 7.31. The van der Waals surface area contributed by atoms with Crippen molar-refractivity contribution in [2.75, 3.05) is 79.4 Å². The van der Waals surface area contributed by atoms with Gasteiger partial charge in [0, 0.05) is 67.8 Å². The Morgan fingerprint density at radius 2 is 1.76 bits per heavy atom. The minimum atomic E-state index is -1.51. The molecule has 76 heavy (non-hydrogen) atoms. The molecule has 11 rings (SSSR count). The first-order valence-electron chi connectivity index (χ1n) is 26.4. The third-order valence-corrected chi connectivity index (χ3v) is 16.5. The lowest BCUT2D eigenvalue weighted by Crippen LogP contribution is -2.49. The van der Waals surface area contributed by atoms with Crippen LogP contribution < -0.4 is 18.9 Å². The van der Waals surface area contributed by atoms with Gasteiger partial charge in [0.25, 0.3) is 0 Å². The summed E-state index contributed by atoms with van der Waals surface area (Å²) in [7, 11) is 2.13. The molecule has 19 heteroatoms.